The molecule has 0 spiro atoms. The van der Waals surface area contributed by atoms with Crippen LogP contribution in [0, 0.1) is 0 Å². The van der Waals surface area contributed by atoms with E-state index >= 15 is 0 Å². The van der Waals surface area contributed by atoms with Crippen molar-refractivity contribution in [2.75, 3.05) is 13.2 Å². The van der Waals surface area contributed by atoms with Crippen LogP contribution in [-0.4, -0.2) is 37.2 Å². The van der Waals surface area contributed by atoms with E-state index in [0.29, 0.717) is 19.3 Å². The van der Waals surface area contributed by atoms with Gasteiger partial charge in [-0.1, -0.05) is 251 Å². The van der Waals surface area contributed by atoms with Gasteiger partial charge in [-0.05, 0) is 141 Å². The van der Waals surface area contributed by atoms with Gasteiger partial charge in [0, 0.05) is 19.3 Å². The van der Waals surface area contributed by atoms with Gasteiger partial charge in [0.1, 0.15) is 13.2 Å². The quantitative estimate of drug-likeness (QED) is 0.0261. The molecular formula is C71H116O6. The van der Waals surface area contributed by atoms with Gasteiger partial charge < -0.3 is 14.2 Å². The highest BCUT2D eigenvalue weighted by molar-refractivity contribution is 5.71. The maximum atomic E-state index is 12.9. The minimum absolute atomic E-state index is 0.0989. The van der Waals surface area contributed by atoms with Gasteiger partial charge >= 0.3 is 17.9 Å². The van der Waals surface area contributed by atoms with Crippen molar-refractivity contribution < 1.29 is 28.6 Å². The zero-order valence-corrected chi connectivity index (χ0v) is 49.9. The fraction of sp³-hybridized carbons (Fsp3) is 0.648. The molecule has 6 nitrogen and oxygen atoms in total. The lowest BCUT2D eigenvalue weighted by Gasteiger charge is -2.18. The van der Waals surface area contributed by atoms with Crippen LogP contribution in [0.5, 0.6) is 0 Å². The molecule has 0 saturated heterocycles. The first kappa shape index (κ1) is 72.5. The van der Waals surface area contributed by atoms with E-state index in [2.05, 4.69) is 154 Å². The van der Waals surface area contributed by atoms with Gasteiger partial charge in [-0.3, -0.25) is 14.4 Å². The fourth-order valence-electron chi connectivity index (χ4n) is 8.36. The first-order valence-corrected chi connectivity index (χ1v) is 31.7. The van der Waals surface area contributed by atoms with Crippen LogP contribution >= 0.6 is 0 Å². The second-order valence-electron chi connectivity index (χ2n) is 20.6. The Morgan fingerprint density at radius 3 is 0.831 bits per heavy atom. The first-order valence-electron chi connectivity index (χ1n) is 31.7. The van der Waals surface area contributed by atoms with Crippen LogP contribution in [0.2, 0.25) is 0 Å². The molecule has 0 saturated carbocycles. The van der Waals surface area contributed by atoms with Crippen molar-refractivity contribution in [2.24, 2.45) is 0 Å². The lowest BCUT2D eigenvalue weighted by Crippen LogP contribution is -2.30. The van der Waals surface area contributed by atoms with Crippen molar-refractivity contribution >= 4 is 17.9 Å². The summed E-state index contributed by atoms with van der Waals surface area (Å²) in [5.41, 5.74) is 0. The summed E-state index contributed by atoms with van der Waals surface area (Å²) in [7, 11) is 0. The third kappa shape index (κ3) is 62.3. The van der Waals surface area contributed by atoms with E-state index < -0.39 is 6.10 Å². The second-order valence-corrected chi connectivity index (χ2v) is 20.6. The largest absolute Gasteiger partial charge is 0.462 e. The maximum Gasteiger partial charge on any atom is 0.306 e. The number of allylic oxidation sites excluding steroid dienone is 22. The van der Waals surface area contributed by atoms with E-state index in [4.69, 9.17) is 14.2 Å². The number of rotatable bonds is 56. The molecule has 0 amide bonds. The maximum absolute atomic E-state index is 12.9. The average Bonchev–Trinajstić information content (AvgIpc) is 3.43. The number of carbonyl (C=O) groups excluding carboxylic acids is 3. The van der Waals surface area contributed by atoms with E-state index in [1.165, 1.54) is 89.9 Å². The molecule has 0 N–H and O–H groups in total. The lowest BCUT2D eigenvalue weighted by molar-refractivity contribution is -0.167. The zero-order chi connectivity index (χ0) is 55.7. The molecule has 0 aliphatic heterocycles. The Labute approximate surface area is 475 Å². The smallest absolute Gasteiger partial charge is 0.306 e. The van der Waals surface area contributed by atoms with Gasteiger partial charge in [-0.2, -0.15) is 0 Å². The fourth-order valence-corrected chi connectivity index (χ4v) is 8.36. The Hall–Kier alpha value is -4.45. The molecule has 1 unspecified atom stereocenters. The third-order valence-corrected chi connectivity index (χ3v) is 13.1. The van der Waals surface area contributed by atoms with Crippen LogP contribution in [0.15, 0.2) is 134 Å². The molecule has 0 heterocycles. The van der Waals surface area contributed by atoms with E-state index in [-0.39, 0.29) is 31.1 Å². The molecule has 0 radical (unpaired) electrons. The topological polar surface area (TPSA) is 78.9 Å². The molecule has 0 aliphatic rings. The van der Waals surface area contributed by atoms with Gasteiger partial charge in [-0.25, -0.2) is 0 Å². The highest BCUT2D eigenvalue weighted by Gasteiger charge is 2.19. The molecule has 0 aromatic rings. The molecule has 0 rings (SSSR count). The minimum atomic E-state index is -0.804. The summed E-state index contributed by atoms with van der Waals surface area (Å²) >= 11 is 0. The van der Waals surface area contributed by atoms with Crippen LogP contribution in [0.25, 0.3) is 0 Å². The van der Waals surface area contributed by atoms with Crippen molar-refractivity contribution in [1.82, 2.24) is 0 Å². The molecular weight excluding hydrogens is 949 g/mol. The molecule has 0 aromatic heterocycles. The van der Waals surface area contributed by atoms with Gasteiger partial charge in [0.05, 0.1) is 0 Å². The molecule has 0 aliphatic carbocycles. The first-order chi connectivity index (χ1) is 38.0. The number of carbonyl (C=O) groups is 3. The van der Waals surface area contributed by atoms with Crippen molar-refractivity contribution in [3.8, 4) is 0 Å². The number of esters is 3. The van der Waals surface area contributed by atoms with Crippen molar-refractivity contribution in [3.05, 3.63) is 134 Å². The predicted octanol–water partition coefficient (Wildman–Crippen LogP) is 21.8. The summed E-state index contributed by atoms with van der Waals surface area (Å²) in [5, 5.41) is 0. The summed E-state index contributed by atoms with van der Waals surface area (Å²) in [6.07, 6.45) is 90.3. The Balaban J connectivity index is 4.38. The van der Waals surface area contributed by atoms with E-state index in [1.54, 1.807) is 0 Å². The van der Waals surface area contributed by atoms with Crippen LogP contribution < -0.4 is 0 Å². The second kappa shape index (κ2) is 64.1. The van der Waals surface area contributed by atoms with Crippen LogP contribution in [0.1, 0.15) is 278 Å². The molecule has 0 fully saturated rings. The number of unbranched alkanes of at least 4 members (excludes halogenated alkanes) is 23. The number of ether oxygens (including phenoxy) is 3. The summed E-state index contributed by atoms with van der Waals surface area (Å²) in [4.78, 5) is 38.2. The number of hydrogen-bond acceptors (Lipinski definition) is 6. The summed E-state index contributed by atoms with van der Waals surface area (Å²) in [6, 6.07) is 0. The van der Waals surface area contributed by atoms with Gasteiger partial charge in [-0.15, -0.1) is 0 Å². The third-order valence-electron chi connectivity index (χ3n) is 13.1. The SMILES string of the molecule is CC/C=C\C/C=C\C/C=C\C/C=C\C/C=C\C/C=C\C/C=C\C/C=C\C/C=C\CCCCCC(=O)OCC(COC(=O)CCCCCCC/C=C\CCCCCC)OC(=O)CCCCCCC/C=C\CCCCCCCC. The molecule has 77 heavy (non-hydrogen) atoms. The summed E-state index contributed by atoms with van der Waals surface area (Å²) in [6.45, 7) is 6.46. The van der Waals surface area contributed by atoms with Crippen molar-refractivity contribution in [3.63, 3.8) is 0 Å². The standard InChI is InChI=1S/C71H116O6/c1-4-7-10-13-16-19-22-25-27-28-29-30-31-32-33-34-35-36-37-38-39-40-41-42-44-46-49-52-55-58-61-64-70(73)76-67-68(66-75-69(72)63-60-57-54-51-48-45-24-21-18-15-12-9-6-3)77-71(74)65-62-59-56-53-50-47-43-26-23-20-17-14-11-8-5-2/h7,10,16,19,21,24-27,29-30,32-33,35-36,38-39,41-43,46,49,68H,4-6,8-9,11-15,17-18,20,22-23,28,31,34,37,40,44-45,47-48,50-67H2,1-3H3/b10-7-,19-16-,24-21-,27-25-,30-29-,33-32-,36-35-,39-38-,42-41-,43-26-,49-46-. The lowest BCUT2D eigenvalue weighted by atomic mass is 10.1. The van der Waals surface area contributed by atoms with Crippen molar-refractivity contribution in [2.45, 2.75) is 284 Å². The molecule has 6 heteroatoms. The highest BCUT2D eigenvalue weighted by Crippen LogP contribution is 2.14. The summed E-state index contributed by atoms with van der Waals surface area (Å²) < 4.78 is 16.8. The predicted molar refractivity (Wildman–Crippen MR) is 334 cm³/mol. The zero-order valence-electron chi connectivity index (χ0n) is 49.9. The Bertz CT molecular complexity index is 1650. The monoisotopic (exact) mass is 1060 g/mol. The normalized spacial score (nSPS) is 13.0. The molecule has 0 bridgehead atoms. The highest BCUT2D eigenvalue weighted by atomic mass is 16.6. The van der Waals surface area contributed by atoms with Gasteiger partial charge in [0.25, 0.3) is 0 Å². The van der Waals surface area contributed by atoms with E-state index in [9.17, 15) is 14.4 Å². The summed E-state index contributed by atoms with van der Waals surface area (Å²) in [5.74, 6) is -0.949. The molecule has 1 atom stereocenters. The minimum Gasteiger partial charge on any atom is -0.462 e. The van der Waals surface area contributed by atoms with E-state index in [1.807, 2.05) is 0 Å². The van der Waals surface area contributed by atoms with Crippen molar-refractivity contribution in [1.29, 1.82) is 0 Å². The molecule has 0 aromatic carbocycles. The van der Waals surface area contributed by atoms with E-state index in [0.717, 1.165) is 148 Å². The Morgan fingerprint density at radius 2 is 0.506 bits per heavy atom. The van der Waals surface area contributed by atoms with Crippen LogP contribution in [0.4, 0.5) is 0 Å². The van der Waals surface area contributed by atoms with Crippen LogP contribution in [-0.2, 0) is 28.6 Å². The number of hydrogen-bond donors (Lipinski definition) is 0. The Kier molecular flexibility index (Phi) is 60.4. The molecule has 436 valence electrons. The average molecular weight is 1070 g/mol. The van der Waals surface area contributed by atoms with Gasteiger partial charge in [0.15, 0.2) is 6.10 Å². The van der Waals surface area contributed by atoms with Crippen LogP contribution in [0.3, 0.4) is 0 Å². The Morgan fingerprint density at radius 1 is 0.273 bits per heavy atom. The van der Waals surface area contributed by atoms with Gasteiger partial charge in [0.2, 0.25) is 0 Å².